The average molecular weight is 368 g/mol. The van der Waals surface area contributed by atoms with E-state index >= 15 is 0 Å². The minimum atomic E-state index is -4.54. The number of hydrogen-bond acceptors (Lipinski definition) is 4. The van der Waals surface area contributed by atoms with Crippen molar-refractivity contribution in [3.05, 3.63) is 39.5 Å². The van der Waals surface area contributed by atoms with Gasteiger partial charge in [0.25, 0.3) is 0 Å². The molecule has 1 heterocycles. The zero-order valence-electron chi connectivity index (χ0n) is 9.67. The highest BCUT2D eigenvalue weighted by Crippen LogP contribution is 2.38. The third-order valence-corrected chi connectivity index (χ3v) is 3.12. The third kappa shape index (κ3) is 3.31. The van der Waals surface area contributed by atoms with Crippen molar-refractivity contribution in [2.24, 2.45) is 0 Å². The molecule has 106 valence electrons. The number of benzene rings is 1. The molecule has 0 aliphatic rings. The number of nitrogens with one attached hydrogen (secondary N) is 1. The Morgan fingerprint density at radius 1 is 1.30 bits per heavy atom. The van der Waals surface area contributed by atoms with Crippen LogP contribution < -0.4 is 11.1 Å². The molecule has 3 N–H and O–H groups in total. The summed E-state index contributed by atoms with van der Waals surface area (Å²) < 4.78 is 39.2. The van der Waals surface area contributed by atoms with Crippen molar-refractivity contribution in [1.82, 2.24) is 9.97 Å². The number of halogens is 5. The van der Waals surface area contributed by atoms with E-state index in [2.05, 4.69) is 31.2 Å². The quantitative estimate of drug-likeness (QED) is 0.833. The smallest absolute Gasteiger partial charge is 0.368 e. The highest BCUT2D eigenvalue weighted by Gasteiger charge is 2.34. The van der Waals surface area contributed by atoms with Crippen LogP contribution in [0.4, 0.5) is 30.6 Å². The van der Waals surface area contributed by atoms with Crippen molar-refractivity contribution < 1.29 is 13.2 Å². The van der Waals surface area contributed by atoms with E-state index in [0.717, 1.165) is 6.07 Å². The summed E-state index contributed by atoms with van der Waals surface area (Å²) in [6.07, 6.45) is -3.20. The van der Waals surface area contributed by atoms with Crippen LogP contribution in [-0.2, 0) is 6.18 Å². The van der Waals surface area contributed by atoms with Crippen molar-refractivity contribution in [1.29, 1.82) is 0 Å². The lowest BCUT2D eigenvalue weighted by atomic mass is 10.1. The Kier molecular flexibility index (Phi) is 4.05. The molecule has 2 rings (SSSR count). The fraction of sp³-hybridized carbons (Fsp3) is 0.0909. The van der Waals surface area contributed by atoms with Crippen molar-refractivity contribution in [2.45, 2.75) is 6.18 Å². The van der Waals surface area contributed by atoms with E-state index in [4.69, 9.17) is 17.3 Å². The van der Waals surface area contributed by atoms with Crippen LogP contribution in [0.1, 0.15) is 5.56 Å². The molecule has 2 aromatic rings. The van der Waals surface area contributed by atoms with Crippen LogP contribution in [0.5, 0.6) is 0 Å². The first-order valence-electron chi connectivity index (χ1n) is 5.19. The first-order chi connectivity index (χ1) is 9.27. The molecule has 4 nitrogen and oxygen atoms in total. The summed E-state index contributed by atoms with van der Waals surface area (Å²) in [6, 6.07) is 3.40. The number of aromatic nitrogens is 2. The first-order valence-corrected chi connectivity index (χ1v) is 6.36. The predicted molar refractivity (Wildman–Crippen MR) is 73.9 cm³/mol. The third-order valence-electron chi connectivity index (χ3n) is 2.30. The van der Waals surface area contributed by atoms with Crippen LogP contribution in [0, 0.1) is 0 Å². The summed E-state index contributed by atoms with van der Waals surface area (Å²) in [5.41, 5.74) is 4.33. The number of nitrogen functional groups attached to an aromatic ring is 1. The largest absolute Gasteiger partial charge is 0.418 e. The van der Waals surface area contributed by atoms with E-state index in [1.807, 2.05) is 0 Å². The number of anilines is 3. The standard InChI is InChI=1S/C11H7BrClF3N4/c12-7-4-18-10(17)20-9(7)19-8-2-1-5(13)3-6(8)11(14,15)16/h1-4H,(H3,17,18,19,20). The molecule has 0 spiro atoms. The Morgan fingerprint density at radius 3 is 2.65 bits per heavy atom. The van der Waals surface area contributed by atoms with Crippen LogP contribution in [-0.4, -0.2) is 9.97 Å². The van der Waals surface area contributed by atoms with Crippen molar-refractivity contribution in [3.63, 3.8) is 0 Å². The van der Waals surface area contributed by atoms with Gasteiger partial charge in [0.2, 0.25) is 5.95 Å². The fourth-order valence-corrected chi connectivity index (χ4v) is 1.92. The van der Waals surface area contributed by atoms with Gasteiger partial charge >= 0.3 is 6.18 Å². The molecule has 0 aliphatic heterocycles. The summed E-state index contributed by atoms with van der Waals surface area (Å²) in [5.74, 6) is 0.0727. The van der Waals surface area contributed by atoms with Crippen LogP contribution in [0.3, 0.4) is 0 Å². The Balaban J connectivity index is 2.46. The maximum absolute atomic E-state index is 12.9. The summed E-state index contributed by atoms with van der Waals surface area (Å²) in [7, 11) is 0. The van der Waals surface area contributed by atoms with Gasteiger partial charge in [0.1, 0.15) is 5.82 Å². The fourth-order valence-electron chi connectivity index (χ4n) is 1.46. The average Bonchev–Trinajstić information content (AvgIpc) is 2.34. The molecule has 0 radical (unpaired) electrons. The molecular formula is C11H7BrClF3N4. The summed E-state index contributed by atoms with van der Waals surface area (Å²) in [4.78, 5) is 7.52. The maximum Gasteiger partial charge on any atom is 0.418 e. The molecular weight excluding hydrogens is 360 g/mol. The van der Waals surface area contributed by atoms with Crippen molar-refractivity contribution in [3.8, 4) is 0 Å². The predicted octanol–water partition coefficient (Wildman–Crippen LogP) is 4.24. The van der Waals surface area contributed by atoms with Crippen LogP contribution in [0.15, 0.2) is 28.9 Å². The molecule has 0 unspecified atom stereocenters. The molecule has 0 saturated heterocycles. The Bertz CT molecular complexity index is 648. The number of hydrogen-bond donors (Lipinski definition) is 2. The molecule has 0 bridgehead atoms. The zero-order valence-corrected chi connectivity index (χ0v) is 12.0. The normalized spacial score (nSPS) is 11.4. The van der Waals surface area contributed by atoms with Gasteiger partial charge in [-0.1, -0.05) is 11.6 Å². The zero-order chi connectivity index (χ0) is 14.9. The molecule has 0 fully saturated rings. The van der Waals surface area contributed by atoms with Gasteiger partial charge in [-0.15, -0.1) is 0 Å². The number of alkyl halides is 3. The van der Waals surface area contributed by atoms with Gasteiger partial charge in [0.05, 0.1) is 15.7 Å². The molecule has 0 saturated carbocycles. The van der Waals surface area contributed by atoms with Gasteiger partial charge in [-0.25, -0.2) is 4.98 Å². The second-order valence-electron chi connectivity index (χ2n) is 3.74. The first kappa shape index (κ1) is 14.9. The van der Waals surface area contributed by atoms with E-state index in [9.17, 15) is 13.2 Å². The van der Waals surface area contributed by atoms with Gasteiger partial charge in [-0.2, -0.15) is 18.2 Å². The summed E-state index contributed by atoms with van der Waals surface area (Å²) in [6.45, 7) is 0. The highest BCUT2D eigenvalue weighted by atomic mass is 79.9. The molecule has 1 aromatic carbocycles. The lowest BCUT2D eigenvalue weighted by Crippen LogP contribution is -2.10. The van der Waals surface area contributed by atoms with Gasteiger partial charge in [-0.05, 0) is 34.1 Å². The number of rotatable bonds is 2. The van der Waals surface area contributed by atoms with Gasteiger partial charge < -0.3 is 11.1 Å². The van der Waals surface area contributed by atoms with Crippen molar-refractivity contribution >= 4 is 45.0 Å². The summed E-state index contributed by atoms with van der Waals surface area (Å²) in [5, 5.41) is 2.55. The highest BCUT2D eigenvalue weighted by molar-refractivity contribution is 9.10. The molecule has 0 aliphatic carbocycles. The SMILES string of the molecule is Nc1ncc(Br)c(Nc2ccc(Cl)cc2C(F)(F)F)n1. The molecule has 9 heteroatoms. The van der Waals surface area contributed by atoms with Crippen LogP contribution in [0.25, 0.3) is 0 Å². The molecule has 1 aromatic heterocycles. The minimum Gasteiger partial charge on any atom is -0.368 e. The van der Waals surface area contributed by atoms with Gasteiger partial charge in [0.15, 0.2) is 0 Å². The van der Waals surface area contributed by atoms with Gasteiger partial charge in [-0.3, -0.25) is 0 Å². The van der Waals surface area contributed by atoms with E-state index in [-0.39, 0.29) is 22.5 Å². The second-order valence-corrected chi connectivity index (χ2v) is 5.03. The Morgan fingerprint density at radius 2 is 2.00 bits per heavy atom. The molecule has 0 atom stereocenters. The monoisotopic (exact) mass is 366 g/mol. The Labute approximate surface area is 125 Å². The lowest BCUT2D eigenvalue weighted by Gasteiger charge is -2.15. The number of nitrogens with zero attached hydrogens (tertiary/aromatic N) is 2. The van der Waals surface area contributed by atoms with Crippen LogP contribution in [0.2, 0.25) is 5.02 Å². The molecule has 0 amide bonds. The van der Waals surface area contributed by atoms with Gasteiger partial charge in [0, 0.05) is 11.2 Å². The molecule has 20 heavy (non-hydrogen) atoms. The lowest BCUT2D eigenvalue weighted by molar-refractivity contribution is -0.136. The topological polar surface area (TPSA) is 63.8 Å². The van der Waals surface area contributed by atoms with Crippen LogP contribution >= 0.6 is 27.5 Å². The van der Waals surface area contributed by atoms with E-state index < -0.39 is 11.7 Å². The second kappa shape index (κ2) is 5.45. The maximum atomic E-state index is 12.9. The summed E-state index contributed by atoms with van der Waals surface area (Å²) >= 11 is 8.73. The number of nitrogens with two attached hydrogens (primary N) is 1. The van der Waals surface area contributed by atoms with E-state index in [0.29, 0.717) is 4.47 Å². The van der Waals surface area contributed by atoms with E-state index in [1.54, 1.807) is 0 Å². The van der Waals surface area contributed by atoms with Crippen molar-refractivity contribution in [2.75, 3.05) is 11.1 Å². The van der Waals surface area contributed by atoms with E-state index in [1.165, 1.54) is 18.3 Å². The minimum absolute atomic E-state index is 0.0101. The Hall–Kier alpha value is -1.54.